The van der Waals surface area contributed by atoms with Gasteiger partial charge in [-0.2, -0.15) is 4.31 Å². The predicted octanol–water partition coefficient (Wildman–Crippen LogP) is 5.13. The van der Waals surface area contributed by atoms with Gasteiger partial charge >= 0.3 is 0 Å². The number of benzene rings is 3. The summed E-state index contributed by atoms with van der Waals surface area (Å²) in [5.41, 5.74) is 3.07. The molecule has 3 aromatic carbocycles. The van der Waals surface area contributed by atoms with Crippen molar-refractivity contribution in [3.63, 3.8) is 0 Å². The van der Waals surface area contributed by atoms with Crippen LogP contribution in [0.25, 0.3) is 0 Å². The fourth-order valence-corrected chi connectivity index (χ4v) is 5.27. The summed E-state index contributed by atoms with van der Waals surface area (Å²) < 4.78 is 33.2. The van der Waals surface area contributed by atoms with Crippen molar-refractivity contribution < 1.29 is 17.9 Å². The molecular formula is C25H25ClN2O4S. The van der Waals surface area contributed by atoms with E-state index in [0.717, 1.165) is 11.1 Å². The summed E-state index contributed by atoms with van der Waals surface area (Å²) in [6, 6.07) is 18.8. The molecule has 0 bridgehead atoms. The lowest BCUT2D eigenvalue weighted by Crippen LogP contribution is -2.36. The maximum Gasteiger partial charge on any atom is 0.255 e. The zero-order valence-electron chi connectivity index (χ0n) is 18.4. The molecule has 1 amide bonds. The van der Waals surface area contributed by atoms with E-state index in [4.69, 9.17) is 16.3 Å². The van der Waals surface area contributed by atoms with Crippen molar-refractivity contribution in [3.05, 3.63) is 88.4 Å². The summed E-state index contributed by atoms with van der Waals surface area (Å²) in [5, 5.41) is 3.38. The molecule has 0 aromatic heterocycles. The van der Waals surface area contributed by atoms with Crippen LogP contribution in [0.4, 0.5) is 5.69 Å². The van der Waals surface area contributed by atoms with Crippen molar-refractivity contribution in [1.29, 1.82) is 0 Å². The molecule has 0 radical (unpaired) electrons. The standard InChI is InChI=1S/C25H25ClN2O4S/c1-17(2)32-23-9-4-19(5-10-23)25(29)27-22-8-3-18-13-14-28(16-20(18)15-22)33(30,31)24-11-6-21(26)7-12-24/h3-12,15,17H,13-14,16H2,1-2H3,(H,27,29). The summed E-state index contributed by atoms with van der Waals surface area (Å²) >= 11 is 5.90. The minimum Gasteiger partial charge on any atom is -0.491 e. The molecule has 8 heteroatoms. The summed E-state index contributed by atoms with van der Waals surface area (Å²) in [6.07, 6.45) is 0.663. The van der Waals surface area contributed by atoms with E-state index in [1.807, 2.05) is 32.0 Å². The van der Waals surface area contributed by atoms with Crippen LogP contribution in [0.2, 0.25) is 5.02 Å². The number of fused-ring (bicyclic) bond motifs is 1. The molecule has 6 nitrogen and oxygen atoms in total. The molecule has 1 aliphatic heterocycles. The number of ether oxygens (including phenoxy) is 1. The van der Waals surface area contributed by atoms with E-state index in [0.29, 0.717) is 35.0 Å². The Hall–Kier alpha value is -2.87. The van der Waals surface area contributed by atoms with Gasteiger partial charge in [0.2, 0.25) is 10.0 Å². The van der Waals surface area contributed by atoms with Crippen molar-refractivity contribution in [2.24, 2.45) is 0 Å². The average Bonchev–Trinajstić information content (AvgIpc) is 2.79. The van der Waals surface area contributed by atoms with Gasteiger partial charge in [-0.15, -0.1) is 0 Å². The van der Waals surface area contributed by atoms with Crippen LogP contribution >= 0.6 is 11.6 Å². The average molecular weight is 485 g/mol. The molecule has 0 aliphatic carbocycles. The fourth-order valence-electron chi connectivity index (χ4n) is 3.73. The Morgan fingerprint density at radius 2 is 1.70 bits per heavy atom. The number of hydrogen-bond acceptors (Lipinski definition) is 4. The molecule has 4 rings (SSSR count). The van der Waals surface area contributed by atoms with Gasteiger partial charge in [-0.1, -0.05) is 17.7 Å². The van der Waals surface area contributed by atoms with Gasteiger partial charge in [-0.05, 0) is 92.1 Å². The molecule has 3 aromatic rings. The number of nitrogens with one attached hydrogen (secondary N) is 1. The normalized spacial score (nSPS) is 14.1. The molecule has 1 heterocycles. The number of sulfonamides is 1. The number of carbonyl (C=O) groups is 1. The Morgan fingerprint density at radius 3 is 2.36 bits per heavy atom. The molecular weight excluding hydrogens is 460 g/mol. The second-order valence-corrected chi connectivity index (χ2v) is 10.5. The lowest BCUT2D eigenvalue weighted by molar-refractivity contribution is 0.102. The maximum absolute atomic E-state index is 13.1. The van der Waals surface area contributed by atoms with Crippen LogP contribution in [-0.4, -0.2) is 31.3 Å². The Kier molecular flexibility index (Phi) is 6.74. The van der Waals surface area contributed by atoms with Gasteiger partial charge in [0.25, 0.3) is 5.91 Å². The zero-order chi connectivity index (χ0) is 23.6. The number of amides is 1. The van der Waals surface area contributed by atoms with Gasteiger partial charge in [0.1, 0.15) is 5.75 Å². The topological polar surface area (TPSA) is 75.7 Å². The lowest BCUT2D eigenvalue weighted by atomic mass is 10.0. The van der Waals surface area contributed by atoms with Crippen LogP contribution in [0.3, 0.4) is 0 Å². The quantitative estimate of drug-likeness (QED) is 0.526. The first kappa shape index (κ1) is 23.3. The molecule has 0 unspecified atom stereocenters. The Bertz CT molecular complexity index is 1260. The van der Waals surface area contributed by atoms with Gasteiger partial charge in [0, 0.05) is 29.4 Å². The summed E-state index contributed by atoms with van der Waals surface area (Å²) in [5.74, 6) is 0.463. The van der Waals surface area contributed by atoms with Crippen molar-refractivity contribution in [2.45, 2.75) is 37.8 Å². The van der Waals surface area contributed by atoms with E-state index < -0.39 is 10.0 Å². The molecule has 1 aliphatic rings. The number of nitrogens with zero attached hydrogens (tertiary/aromatic N) is 1. The van der Waals surface area contributed by atoms with Crippen LogP contribution in [0.1, 0.15) is 35.3 Å². The highest BCUT2D eigenvalue weighted by Gasteiger charge is 2.28. The number of carbonyl (C=O) groups excluding carboxylic acids is 1. The molecule has 0 saturated heterocycles. The highest BCUT2D eigenvalue weighted by molar-refractivity contribution is 7.89. The number of anilines is 1. The smallest absolute Gasteiger partial charge is 0.255 e. The Morgan fingerprint density at radius 1 is 1.00 bits per heavy atom. The summed E-state index contributed by atoms with van der Waals surface area (Å²) in [7, 11) is -3.64. The van der Waals surface area contributed by atoms with Gasteiger partial charge in [0.15, 0.2) is 0 Å². The summed E-state index contributed by atoms with van der Waals surface area (Å²) in [4.78, 5) is 12.9. The van der Waals surface area contributed by atoms with E-state index in [2.05, 4.69) is 5.32 Å². The third-order valence-electron chi connectivity index (χ3n) is 5.38. The van der Waals surface area contributed by atoms with Gasteiger partial charge in [0.05, 0.1) is 11.0 Å². The van der Waals surface area contributed by atoms with Gasteiger partial charge < -0.3 is 10.1 Å². The van der Waals surface area contributed by atoms with E-state index in [-0.39, 0.29) is 23.5 Å². The van der Waals surface area contributed by atoms with Crippen molar-refractivity contribution in [1.82, 2.24) is 4.31 Å². The first-order valence-corrected chi connectivity index (χ1v) is 12.5. The minimum absolute atomic E-state index is 0.0586. The van der Waals surface area contributed by atoms with Crippen molar-refractivity contribution in [3.8, 4) is 5.75 Å². The molecule has 0 atom stereocenters. The first-order chi connectivity index (χ1) is 15.7. The highest BCUT2D eigenvalue weighted by atomic mass is 35.5. The molecule has 33 heavy (non-hydrogen) atoms. The monoisotopic (exact) mass is 484 g/mol. The zero-order valence-corrected chi connectivity index (χ0v) is 20.0. The second kappa shape index (κ2) is 9.55. The van der Waals surface area contributed by atoms with Crippen molar-refractivity contribution >= 4 is 33.2 Å². The van der Waals surface area contributed by atoms with E-state index >= 15 is 0 Å². The molecule has 0 saturated carbocycles. The largest absolute Gasteiger partial charge is 0.491 e. The second-order valence-electron chi connectivity index (χ2n) is 8.17. The van der Waals surface area contributed by atoms with E-state index in [9.17, 15) is 13.2 Å². The van der Waals surface area contributed by atoms with Gasteiger partial charge in [-0.25, -0.2) is 8.42 Å². The lowest BCUT2D eigenvalue weighted by Gasteiger charge is -2.28. The SMILES string of the molecule is CC(C)Oc1ccc(C(=O)Nc2ccc3c(c2)CN(S(=O)(=O)c2ccc(Cl)cc2)CC3)cc1. The summed E-state index contributed by atoms with van der Waals surface area (Å²) in [6.45, 7) is 4.52. The maximum atomic E-state index is 13.1. The third kappa shape index (κ3) is 5.38. The highest BCUT2D eigenvalue weighted by Crippen LogP contribution is 2.28. The number of halogens is 1. The Labute approximate surface area is 199 Å². The van der Waals surface area contributed by atoms with E-state index in [1.54, 1.807) is 36.4 Å². The van der Waals surface area contributed by atoms with Gasteiger partial charge in [-0.3, -0.25) is 4.79 Å². The van der Waals surface area contributed by atoms with Crippen LogP contribution < -0.4 is 10.1 Å². The van der Waals surface area contributed by atoms with Crippen LogP contribution in [0, 0.1) is 0 Å². The molecule has 172 valence electrons. The first-order valence-electron chi connectivity index (χ1n) is 10.7. The molecule has 0 fully saturated rings. The number of hydrogen-bond donors (Lipinski definition) is 1. The predicted molar refractivity (Wildman–Crippen MR) is 129 cm³/mol. The Balaban J connectivity index is 1.48. The number of rotatable bonds is 6. The van der Waals surface area contributed by atoms with Crippen molar-refractivity contribution in [2.75, 3.05) is 11.9 Å². The van der Waals surface area contributed by atoms with Crippen LogP contribution in [0.15, 0.2) is 71.6 Å². The van der Waals surface area contributed by atoms with Crippen LogP contribution in [-0.2, 0) is 23.0 Å². The molecule has 1 N–H and O–H groups in total. The minimum atomic E-state index is -3.64. The fraction of sp³-hybridized carbons (Fsp3) is 0.240. The van der Waals surface area contributed by atoms with E-state index in [1.165, 1.54) is 16.4 Å². The van der Waals surface area contributed by atoms with Crippen LogP contribution in [0.5, 0.6) is 5.75 Å². The third-order valence-corrected chi connectivity index (χ3v) is 7.49. The molecule has 0 spiro atoms.